The predicted molar refractivity (Wildman–Crippen MR) is 125 cm³/mol. The summed E-state index contributed by atoms with van der Waals surface area (Å²) in [5.74, 6) is 1.40. The Morgan fingerprint density at radius 1 is 0.906 bits per heavy atom. The molecule has 1 aromatic rings. The van der Waals surface area contributed by atoms with Crippen LogP contribution in [0.4, 0.5) is 0 Å². The molecule has 7 nitrogen and oxygen atoms in total. The van der Waals surface area contributed by atoms with E-state index in [1.165, 1.54) is 51.6 Å². The minimum absolute atomic E-state index is 0.0910. The van der Waals surface area contributed by atoms with E-state index in [-0.39, 0.29) is 17.4 Å². The number of fused-ring (bicyclic) bond motifs is 1. The Morgan fingerprint density at radius 2 is 1.66 bits per heavy atom. The van der Waals surface area contributed by atoms with Gasteiger partial charge in [-0.1, -0.05) is 12.8 Å². The number of amides is 1. The van der Waals surface area contributed by atoms with Gasteiger partial charge in [0.05, 0.1) is 12.2 Å². The fraction of sp³-hybridized carbons (Fsp3) is 0.800. The van der Waals surface area contributed by atoms with Gasteiger partial charge in [0.1, 0.15) is 5.82 Å². The molecular formula is C25H39N5O2. The van der Waals surface area contributed by atoms with Gasteiger partial charge in [-0.3, -0.25) is 19.1 Å². The molecule has 0 radical (unpaired) electrons. The van der Waals surface area contributed by atoms with Gasteiger partial charge >= 0.3 is 0 Å². The summed E-state index contributed by atoms with van der Waals surface area (Å²) in [4.78, 5) is 37.6. The number of piperidine rings is 2. The molecule has 0 saturated carbocycles. The van der Waals surface area contributed by atoms with Gasteiger partial charge in [0.2, 0.25) is 5.91 Å². The molecule has 0 aromatic carbocycles. The summed E-state index contributed by atoms with van der Waals surface area (Å²) in [5, 5.41) is 0. The SMILES string of the molecule is O=C(CN1CCC(N2CCCCC2)CC1)N1CCC(c2cc(=O)n3c(n2)CCCCC3)C1. The van der Waals surface area contributed by atoms with E-state index < -0.39 is 0 Å². The quantitative estimate of drug-likeness (QED) is 0.717. The standard InChI is InChI=1S/C25H39N5O2/c31-24-17-22(26-23-7-3-1-6-13-30(23)24)20-8-16-29(18-20)25(32)19-27-14-9-21(10-15-27)28-11-4-2-5-12-28/h17,20-21H,1-16,18-19H2. The molecule has 1 atom stereocenters. The van der Waals surface area contributed by atoms with Crippen molar-refractivity contribution >= 4 is 5.91 Å². The minimum Gasteiger partial charge on any atom is -0.341 e. The van der Waals surface area contributed by atoms with Gasteiger partial charge in [0.25, 0.3) is 5.56 Å². The van der Waals surface area contributed by atoms with Crippen LogP contribution in [0.15, 0.2) is 10.9 Å². The zero-order valence-corrected chi connectivity index (χ0v) is 19.5. The number of rotatable bonds is 4. The van der Waals surface area contributed by atoms with E-state index in [9.17, 15) is 9.59 Å². The maximum absolute atomic E-state index is 13.0. The second-order valence-corrected chi connectivity index (χ2v) is 10.3. The summed E-state index contributed by atoms with van der Waals surface area (Å²) in [7, 11) is 0. The summed E-state index contributed by atoms with van der Waals surface area (Å²) in [6.07, 6.45) is 11.6. The maximum Gasteiger partial charge on any atom is 0.253 e. The highest BCUT2D eigenvalue weighted by Gasteiger charge is 2.31. The first-order valence-electron chi connectivity index (χ1n) is 13.0. The molecule has 5 heterocycles. The second-order valence-electron chi connectivity index (χ2n) is 10.3. The highest BCUT2D eigenvalue weighted by atomic mass is 16.2. The Morgan fingerprint density at radius 3 is 2.47 bits per heavy atom. The molecule has 0 aliphatic carbocycles. The van der Waals surface area contributed by atoms with E-state index in [1.54, 1.807) is 6.07 Å². The number of carbonyl (C=O) groups excluding carboxylic acids is 1. The Balaban J connectivity index is 1.13. The van der Waals surface area contributed by atoms with Crippen LogP contribution in [0.5, 0.6) is 0 Å². The summed E-state index contributed by atoms with van der Waals surface area (Å²) >= 11 is 0. The van der Waals surface area contributed by atoms with E-state index in [1.807, 2.05) is 9.47 Å². The normalized spacial score (nSPS) is 26.1. The van der Waals surface area contributed by atoms with Crippen LogP contribution in [0, 0.1) is 0 Å². The van der Waals surface area contributed by atoms with Crippen LogP contribution in [0.2, 0.25) is 0 Å². The number of likely N-dealkylation sites (tertiary alicyclic amines) is 3. The van der Waals surface area contributed by atoms with Gasteiger partial charge in [-0.05, 0) is 58.0 Å². The molecule has 0 N–H and O–H groups in total. The van der Waals surface area contributed by atoms with Gasteiger partial charge in [-0.25, -0.2) is 4.98 Å². The highest BCUT2D eigenvalue weighted by Crippen LogP contribution is 2.27. The molecule has 4 aliphatic heterocycles. The van der Waals surface area contributed by atoms with E-state index in [0.717, 1.165) is 69.4 Å². The van der Waals surface area contributed by atoms with Crippen LogP contribution < -0.4 is 5.56 Å². The third-order valence-electron chi connectivity index (χ3n) is 8.17. The first-order chi connectivity index (χ1) is 15.7. The Labute approximate surface area is 191 Å². The molecule has 1 unspecified atom stereocenters. The minimum atomic E-state index is 0.0910. The monoisotopic (exact) mass is 441 g/mol. The lowest BCUT2D eigenvalue weighted by Crippen LogP contribution is -2.49. The molecule has 5 rings (SSSR count). The van der Waals surface area contributed by atoms with Gasteiger partial charge in [0, 0.05) is 57.2 Å². The number of carbonyl (C=O) groups is 1. The summed E-state index contributed by atoms with van der Waals surface area (Å²) < 4.78 is 1.86. The number of aromatic nitrogens is 2. The topological polar surface area (TPSA) is 61.7 Å². The van der Waals surface area contributed by atoms with Gasteiger partial charge in [0.15, 0.2) is 0 Å². The van der Waals surface area contributed by atoms with Crippen molar-refractivity contribution in [1.82, 2.24) is 24.3 Å². The number of aryl methyl sites for hydroxylation is 1. The van der Waals surface area contributed by atoms with Gasteiger partial charge in [-0.2, -0.15) is 0 Å². The van der Waals surface area contributed by atoms with E-state index in [4.69, 9.17) is 4.98 Å². The van der Waals surface area contributed by atoms with Crippen molar-refractivity contribution in [3.05, 3.63) is 27.9 Å². The third-order valence-corrected chi connectivity index (χ3v) is 8.17. The summed E-state index contributed by atoms with van der Waals surface area (Å²) in [6.45, 7) is 7.43. The van der Waals surface area contributed by atoms with Gasteiger partial charge < -0.3 is 9.80 Å². The molecule has 1 aromatic heterocycles. The van der Waals surface area contributed by atoms with Crippen molar-refractivity contribution in [2.24, 2.45) is 0 Å². The molecule has 4 aliphatic rings. The molecule has 32 heavy (non-hydrogen) atoms. The predicted octanol–water partition coefficient (Wildman–Crippen LogP) is 2.24. The lowest BCUT2D eigenvalue weighted by Gasteiger charge is -2.40. The van der Waals surface area contributed by atoms with Crippen LogP contribution in [-0.4, -0.2) is 82.0 Å². The highest BCUT2D eigenvalue weighted by molar-refractivity contribution is 5.78. The molecule has 0 bridgehead atoms. The van der Waals surface area contributed by atoms with Crippen molar-refractivity contribution in [2.45, 2.75) is 82.7 Å². The molecule has 176 valence electrons. The van der Waals surface area contributed by atoms with Gasteiger partial charge in [-0.15, -0.1) is 0 Å². The molecule has 3 fully saturated rings. The number of nitrogens with zero attached hydrogens (tertiary/aromatic N) is 5. The fourth-order valence-electron chi connectivity index (χ4n) is 6.19. The Kier molecular flexibility index (Phi) is 6.93. The largest absolute Gasteiger partial charge is 0.341 e. The average Bonchev–Trinajstić information content (AvgIpc) is 3.20. The van der Waals surface area contributed by atoms with Crippen LogP contribution in [0.3, 0.4) is 0 Å². The molecular weight excluding hydrogens is 402 g/mol. The summed E-state index contributed by atoms with van der Waals surface area (Å²) in [5.41, 5.74) is 0.994. The summed E-state index contributed by atoms with van der Waals surface area (Å²) in [6, 6.07) is 2.45. The van der Waals surface area contributed by atoms with Crippen LogP contribution in [0.25, 0.3) is 0 Å². The van der Waals surface area contributed by atoms with Crippen LogP contribution >= 0.6 is 0 Å². The van der Waals surface area contributed by atoms with E-state index >= 15 is 0 Å². The molecule has 1 amide bonds. The lowest BCUT2D eigenvalue weighted by molar-refractivity contribution is -0.131. The molecule has 0 spiro atoms. The fourth-order valence-corrected chi connectivity index (χ4v) is 6.19. The van der Waals surface area contributed by atoms with Crippen molar-refractivity contribution in [2.75, 3.05) is 45.8 Å². The number of hydrogen-bond acceptors (Lipinski definition) is 5. The Hall–Kier alpha value is -1.73. The van der Waals surface area contributed by atoms with Crippen molar-refractivity contribution in [1.29, 1.82) is 0 Å². The first kappa shape index (κ1) is 22.1. The second kappa shape index (κ2) is 10.0. The maximum atomic E-state index is 13.0. The zero-order valence-electron chi connectivity index (χ0n) is 19.5. The average molecular weight is 442 g/mol. The van der Waals surface area contributed by atoms with E-state index in [0.29, 0.717) is 13.1 Å². The van der Waals surface area contributed by atoms with Crippen LogP contribution in [0.1, 0.15) is 75.2 Å². The molecule has 7 heteroatoms. The third kappa shape index (κ3) is 4.93. The smallest absolute Gasteiger partial charge is 0.253 e. The van der Waals surface area contributed by atoms with E-state index in [2.05, 4.69) is 9.80 Å². The Bertz CT molecular complexity index is 854. The van der Waals surface area contributed by atoms with Crippen molar-refractivity contribution < 1.29 is 4.79 Å². The first-order valence-corrected chi connectivity index (χ1v) is 13.0. The lowest BCUT2D eigenvalue weighted by atomic mass is 10.00. The van der Waals surface area contributed by atoms with Crippen molar-refractivity contribution in [3.8, 4) is 0 Å². The molecule has 3 saturated heterocycles. The van der Waals surface area contributed by atoms with Crippen LogP contribution in [-0.2, 0) is 17.8 Å². The zero-order chi connectivity index (χ0) is 21.9. The van der Waals surface area contributed by atoms with Crippen molar-refractivity contribution in [3.63, 3.8) is 0 Å². The number of hydrogen-bond donors (Lipinski definition) is 0.